The van der Waals surface area contributed by atoms with Gasteiger partial charge in [-0.25, -0.2) is 9.59 Å². The van der Waals surface area contributed by atoms with Crippen LogP contribution in [0.25, 0.3) is 0 Å². The topological polar surface area (TPSA) is 87.1 Å². The fourth-order valence-electron chi connectivity index (χ4n) is 3.67. The van der Waals surface area contributed by atoms with Crippen molar-refractivity contribution in [2.24, 2.45) is 0 Å². The monoisotopic (exact) mass is 401 g/mol. The van der Waals surface area contributed by atoms with E-state index in [-0.39, 0.29) is 0 Å². The van der Waals surface area contributed by atoms with Gasteiger partial charge in [0.1, 0.15) is 11.5 Å². The molecule has 0 aliphatic carbocycles. The molecule has 0 aromatic heterocycles. The van der Waals surface area contributed by atoms with Crippen LogP contribution in [-0.2, 0) is 9.59 Å². The van der Waals surface area contributed by atoms with Crippen molar-refractivity contribution in [1.82, 2.24) is 4.90 Å². The quantitative estimate of drug-likeness (QED) is 0.740. The zero-order valence-electron chi connectivity index (χ0n) is 15.2. The summed E-state index contributed by atoms with van der Waals surface area (Å²) in [7, 11) is 2.18. The molecule has 2 aromatic carbocycles. The molecule has 4 rings (SSSR count). The third kappa shape index (κ3) is 4.52. The molecule has 146 valence electrons. The van der Waals surface area contributed by atoms with Crippen LogP contribution in [0.5, 0.6) is 11.5 Å². The minimum Gasteiger partial charge on any atom is -0.478 e. The summed E-state index contributed by atoms with van der Waals surface area (Å²) in [6.45, 7) is 2.12. The predicted octanol–water partition coefficient (Wildman–Crippen LogP) is 3.97. The number of hydrogen-bond acceptors (Lipinski definition) is 4. The molecule has 0 bridgehead atoms. The van der Waals surface area contributed by atoms with Gasteiger partial charge in [0, 0.05) is 47.7 Å². The van der Waals surface area contributed by atoms with Gasteiger partial charge in [0.15, 0.2) is 0 Å². The molecule has 2 atom stereocenters. The fraction of sp³-hybridized carbons (Fsp3) is 0.238. The van der Waals surface area contributed by atoms with Crippen LogP contribution in [0.4, 0.5) is 0 Å². The molecule has 2 aliphatic rings. The largest absolute Gasteiger partial charge is 0.478 e. The third-order valence-electron chi connectivity index (χ3n) is 4.78. The number of likely N-dealkylation sites (tertiary alicyclic amines) is 1. The first kappa shape index (κ1) is 19.9. The van der Waals surface area contributed by atoms with Crippen molar-refractivity contribution in [3.05, 3.63) is 70.8 Å². The number of hydrogen-bond donors (Lipinski definition) is 2. The number of carboxylic acids is 2. The second kappa shape index (κ2) is 8.46. The van der Waals surface area contributed by atoms with Gasteiger partial charge in [-0.15, -0.1) is 0 Å². The van der Waals surface area contributed by atoms with Crippen molar-refractivity contribution in [1.29, 1.82) is 0 Å². The molecule has 0 radical (unpaired) electrons. The Morgan fingerprint density at radius 3 is 2.21 bits per heavy atom. The van der Waals surface area contributed by atoms with Crippen LogP contribution in [0.2, 0.25) is 5.02 Å². The first-order valence-electron chi connectivity index (χ1n) is 8.74. The third-order valence-corrected chi connectivity index (χ3v) is 5.02. The van der Waals surface area contributed by atoms with Crippen molar-refractivity contribution in [3.8, 4) is 11.5 Å². The summed E-state index contributed by atoms with van der Waals surface area (Å²) in [6, 6.07) is 14.4. The average Bonchev–Trinajstić information content (AvgIpc) is 2.98. The number of rotatable bonds is 2. The molecule has 0 spiro atoms. The van der Waals surface area contributed by atoms with Gasteiger partial charge in [0.05, 0.1) is 0 Å². The van der Waals surface area contributed by atoms with Crippen molar-refractivity contribution in [2.45, 2.75) is 11.8 Å². The lowest BCUT2D eigenvalue weighted by molar-refractivity contribution is -0.134. The molecular formula is C21H20ClNO5. The first-order chi connectivity index (χ1) is 13.3. The molecule has 2 heterocycles. The number of para-hydroxylation sites is 1. The lowest BCUT2D eigenvalue weighted by Gasteiger charge is -2.17. The van der Waals surface area contributed by atoms with Crippen LogP contribution in [0, 0.1) is 0 Å². The molecule has 2 aliphatic heterocycles. The van der Waals surface area contributed by atoms with Crippen LogP contribution in [0.1, 0.15) is 23.0 Å². The number of carboxylic acid groups (broad SMARTS) is 2. The maximum absolute atomic E-state index is 9.55. The second-order valence-electron chi connectivity index (χ2n) is 6.77. The molecule has 1 fully saturated rings. The van der Waals surface area contributed by atoms with E-state index in [0.717, 1.165) is 29.6 Å². The zero-order valence-corrected chi connectivity index (χ0v) is 16.0. The Labute approximate surface area is 167 Å². The smallest absolute Gasteiger partial charge is 0.328 e. The van der Waals surface area contributed by atoms with E-state index in [1.807, 2.05) is 18.2 Å². The van der Waals surface area contributed by atoms with Gasteiger partial charge in [-0.3, -0.25) is 0 Å². The Kier molecular flexibility index (Phi) is 6.02. The van der Waals surface area contributed by atoms with Crippen LogP contribution in [0.3, 0.4) is 0 Å². The van der Waals surface area contributed by atoms with Crippen LogP contribution in [0.15, 0.2) is 54.6 Å². The van der Waals surface area contributed by atoms with Crippen molar-refractivity contribution in [2.75, 3.05) is 20.1 Å². The Balaban J connectivity index is 0.000000242. The Morgan fingerprint density at radius 2 is 1.57 bits per heavy atom. The number of ether oxygens (including phenoxy) is 1. The summed E-state index contributed by atoms with van der Waals surface area (Å²) in [5, 5.41) is 16.4. The first-order valence-corrected chi connectivity index (χ1v) is 9.11. The number of carbonyl (C=O) groups is 2. The number of likely N-dealkylation sites (N-methyl/N-ethyl adjacent to an activating group) is 1. The van der Waals surface area contributed by atoms with E-state index in [1.54, 1.807) is 0 Å². The lowest BCUT2D eigenvalue weighted by Crippen LogP contribution is -2.14. The van der Waals surface area contributed by atoms with Crippen molar-refractivity contribution < 1.29 is 24.5 Å². The van der Waals surface area contributed by atoms with Crippen molar-refractivity contribution >= 4 is 23.5 Å². The van der Waals surface area contributed by atoms with Gasteiger partial charge >= 0.3 is 11.9 Å². The number of benzene rings is 2. The van der Waals surface area contributed by atoms with Crippen molar-refractivity contribution in [3.63, 3.8) is 0 Å². The highest BCUT2D eigenvalue weighted by Gasteiger charge is 2.38. The molecule has 0 saturated carbocycles. The zero-order chi connectivity index (χ0) is 20.3. The molecule has 7 heteroatoms. The molecule has 1 saturated heterocycles. The predicted molar refractivity (Wildman–Crippen MR) is 105 cm³/mol. The normalized spacial score (nSPS) is 20.1. The highest BCUT2D eigenvalue weighted by atomic mass is 35.5. The minimum atomic E-state index is -1.26. The van der Waals surface area contributed by atoms with Gasteiger partial charge in [-0.05, 0) is 36.9 Å². The summed E-state index contributed by atoms with van der Waals surface area (Å²) in [6.07, 6.45) is 1.12. The molecule has 2 aromatic rings. The van der Waals surface area contributed by atoms with E-state index in [4.69, 9.17) is 26.6 Å². The molecule has 2 N–H and O–H groups in total. The Hall–Kier alpha value is -2.83. The van der Waals surface area contributed by atoms with Crippen LogP contribution < -0.4 is 4.74 Å². The van der Waals surface area contributed by atoms with Gasteiger partial charge in [-0.1, -0.05) is 29.8 Å². The summed E-state index contributed by atoms with van der Waals surface area (Å²) >= 11 is 6.20. The van der Waals surface area contributed by atoms with Gasteiger partial charge < -0.3 is 19.8 Å². The molecule has 0 amide bonds. The van der Waals surface area contributed by atoms with E-state index in [0.29, 0.717) is 24.0 Å². The molecule has 0 unspecified atom stereocenters. The highest BCUT2D eigenvalue weighted by molar-refractivity contribution is 6.30. The number of nitrogens with zero attached hydrogens (tertiary/aromatic N) is 1. The summed E-state index contributed by atoms with van der Waals surface area (Å²) in [5.41, 5.74) is 2.55. The van der Waals surface area contributed by atoms with E-state index < -0.39 is 11.9 Å². The lowest BCUT2D eigenvalue weighted by atomic mass is 9.84. The maximum atomic E-state index is 9.55. The highest BCUT2D eigenvalue weighted by Crippen LogP contribution is 2.49. The van der Waals surface area contributed by atoms with E-state index in [9.17, 15) is 9.59 Å². The molecular weight excluding hydrogens is 382 g/mol. The second-order valence-corrected chi connectivity index (χ2v) is 7.20. The van der Waals surface area contributed by atoms with E-state index in [1.165, 1.54) is 11.1 Å². The Morgan fingerprint density at radius 1 is 1.00 bits per heavy atom. The van der Waals surface area contributed by atoms with Gasteiger partial charge in [0.2, 0.25) is 0 Å². The maximum Gasteiger partial charge on any atom is 0.328 e. The Bertz CT molecular complexity index is 911. The standard InChI is InChI=1S/C17H16ClNO.C4H4O4/c1-19-9-14-12-4-2-3-5-16(12)20-17-7-6-11(18)8-13(17)15(14)10-19;5-3(6)1-2-4(7)8/h2-8,14-15H,9-10H2,1H3;1-2H,(H,5,6)(H,7,8)/b;2-1-/t14-,15-;/m1./s1. The van der Waals surface area contributed by atoms with E-state index in [2.05, 4.69) is 36.2 Å². The summed E-state index contributed by atoms with van der Waals surface area (Å²) < 4.78 is 6.15. The average molecular weight is 402 g/mol. The fourth-order valence-corrected chi connectivity index (χ4v) is 3.85. The number of aliphatic carboxylic acids is 2. The summed E-state index contributed by atoms with van der Waals surface area (Å²) in [5.74, 6) is 0.358. The van der Waals surface area contributed by atoms with Crippen LogP contribution >= 0.6 is 11.6 Å². The molecule has 28 heavy (non-hydrogen) atoms. The number of halogens is 1. The van der Waals surface area contributed by atoms with Gasteiger partial charge in [-0.2, -0.15) is 0 Å². The summed E-state index contributed by atoms with van der Waals surface area (Å²) in [4.78, 5) is 21.5. The van der Waals surface area contributed by atoms with Crippen LogP contribution in [-0.4, -0.2) is 47.2 Å². The van der Waals surface area contributed by atoms with Gasteiger partial charge in [0.25, 0.3) is 0 Å². The number of fused-ring (bicyclic) bond motifs is 5. The molecule has 6 nitrogen and oxygen atoms in total. The van der Waals surface area contributed by atoms with E-state index >= 15 is 0 Å². The SMILES string of the molecule is CN1C[C@@H]2c3ccccc3Oc3ccc(Cl)cc3[C@H]2C1.O=C(O)/C=C\C(=O)O. The minimum absolute atomic E-state index is 0.456.